The predicted octanol–water partition coefficient (Wildman–Crippen LogP) is 1.63. The number of rotatable bonds is 5. The molecule has 0 bridgehead atoms. The number of nitrogens with zero attached hydrogens (tertiary/aromatic N) is 1. The first-order chi connectivity index (χ1) is 4.66. The molecule has 2 heteroatoms. The molecule has 0 saturated carbocycles. The molecule has 0 aliphatic rings. The third kappa shape index (κ3) is 5.76. The second-order valence-corrected chi connectivity index (χ2v) is 2.81. The van der Waals surface area contributed by atoms with Gasteiger partial charge in [-0.15, -0.1) is 0 Å². The molecular weight excluding hydrogens is 126 g/mol. The van der Waals surface area contributed by atoms with Crippen LogP contribution in [0.5, 0.6) is 0 Å². The first kappa shape index (κ1) is 9.63. The molecular formula is C8H17NO. The van der Waals surface area contributed by atoms with Gasteiger partial charge in [-0.2, -0.15) is 0 Å². The fourth-order valence-corrected chi connectivity index (χ4v) is 0.800. The maximum Gasteiger partial charge on any atom is 0.0512 e. The average Bonchev–Trinajstić information content (AvgIpc) is 1.87. The highest BCUT2D eigenvalue weighted by atomic mass is 16.3. The molecule has 1 N–H and O–H groups in total. The number of aliphatic hydroxyl groups excluding tert-OH is 1. The molecule has 0 aliphatic carbocycles. The lowest BCUT2D eigenvalue weighted by Gasteiger charge is -2.05. The maximum atomic E-state index is 8.89. The highest BCUT2D eigenvalue weighted by Crippen LogP contribution is 2.05. The van der Waals surface area contributed by atoms with Gasteiger partial charge in [0.2, 0.25) is 0 Å². The monoisotopic (exact) mass is 143 g/mol. The molecule has 0 saturated heterocycles. The Kier molecular flexibility index (Phi) is 5.22. The molecule has 0 unspecified atom stereocenters. The summed E-state index contributed by atoms with van der Waals surface area (Å²) in [5.74, 6) is 0. The fourth-order valence-electron chi connectivity index (χ4n) is 0.800. The molecule has 0 rings (SSSR count). The Labute approximate surface area is 63.0 Å². The van der Waals surface area contributed by atoms with Gasteiger partial charge in [-0.25, -0.2) is 0 Å². The Hall–Kier alpha value is -0.370. The van der Waals surface area contributed by atoms with E-state index in [1.807, 2.05) is 13.8 Å². The van der Waals surface area contributed by atoms with Crippen LogP contribution in [-0.4, -0.2) is 24.0 Å². The van der Waals surface area contributed by atoms with Crippen molar-refractivity contribution in [3.8, 4) is 0 Å². The van der Waals surface area contributed by atoms with E-state index in [4.69, 9.17) is 5.11 Å². The predicted molar refractivity (Wildman–Crippen MR) is 44.5 cm³/mol. The largest absolute Gasteiger partial charge is 0.393 e. The van der Waals surface area contributed by atoms with Crippen LogP contribution < -0.4 is 0 Å². The van der Waals surface area contributed by atoms with Crippen molar-refractivity contribution < 1.29 is 5.11 Å². The third-order valence-corrected chi connectivity index (χ3v) is 1.56. The molecule has 0 aromatic carbocycles. The van der Waals surface area contributed by atoms with Crippen LogP contribution in [0, 0.1) is 0 Å². The van der Waals surface area contributed by atoms with E-state index in [2.05, 4.69) is 11.7 Å². The van der Waals surface area contributed by atoms with E-state index in [1.165, 1.54) is 0 Å². The lowest BCUT2D eigenvalue weighted by Crippen LogP contribution is -2.02. The highest BCUT2D eigenvalue weighted by molar-refractivity contribution is 5.23. The van der Waals surface area contributed by atoms with E-state index < -0.39 is 0 Å². The minimum atomic E-state index is -0.169. The fraction of sp³-hybridized carbons (Fsp3) is 0.875. The Morgan fingerprint density at radius 3 is 2.40 bits per heavy atom. The van der Waals surface area contributed by atoms with Crippen molar-refractivity contribution in [3.63, 3.8) is 0 Å². The molecule has 0 aromatic heterocycles. The van der Waals surface area contributed by atoms with Crippen molar-refractivity contribution >= 4 is 6.72 Å². The summed E-state index contributed by atoms with van der Waals surface area (Å²) in [6.07, 6.45) is 2.78. The molecule has 0 fully saturated rings. The minimum Gasteiger partial charge on any atom is -0.393 e. The van der Waals surface area contributed by atoms with E-state index in [1.54, 1.807) is 0 Å². The quantitative estimate of drug-likeness (QED) is 0.583. The van der Waals surface area contributed by atoms with Gasteiger partial charge >= 0.3 is 0 Å². The van der Waals surface area contributed by atoms with Gasteiger partial charge in [0.25, 0.3) is 0 Å². The van der Waals surface area contributed by atoms with Crippen LogP contribution in [0.15, 0.2) is 4.99 Å². The second-order valence-electron chi connectivity index (χ2n) is 2.81. The zero-order valence-electron chi connectivity index (χ0n) is 6.88. The SMILES string of the molecule is C=N[C@H](C)CCC[C@H](C)O. The van der Waals surface area contributed by atoms with E-state index in [9.17, 15) is 0 Å². The Bertz CT molecular complexity index is 91.3. The van der Waals surface area contributed by atoms with Crippen molar-refractivity contribution in [2.75, 3.05) is 0 Å². The van der Waals surface area contributed by atoms with Crippen LogP contribution in [0.3, 0.4) is 0 Å². The van der Waals surface area contributed by atoms with Gasteiger partial charge in [-0.1, -0.05) is 0 Å². The van der Waals surface area contributed by atoms with Gasteiger partial charge in [0.15, 0.2) is 0 Å². The van der Waals surface area contributed by atoms with Crippen molar-refractivity contribution in [3.05, 3.63) is 0 Å². The molecule has 0 spiro atoms. The van der Waals surface area contributed by atoms with Gasteiger partial charge in [-0.3, -0.25) is 4.99 Å². The first-order valence-corrected chi connectivity index (χ1v) is 3.80. The van der Waals surface area contributed by atoms with Crippen molar-refractivity contribution in [1.29, 1.82) is 0 Å². The van der Waals surface area contributed by atoms with E-state index in [0.717, 1.165) is 19.3 Å². The summed E-state index contributed by atoms with van der Waals surface area (Å²) in [6.45, 7) is 7.29. The summed E-state index contributed by atoms with van der Waals surface area (Å²) in [7, 11) is 0. The molecule has 0 aromatic rings. The zero-order chi connectivity index (χ0) is 7.98. The molecule has 10 heavy (non-hydrogen) atoms. The third-order valence-electron chi connectivity index (χ3n) is 1.56. The lowest BCUT2D eigenvalue weighted by atomic mass is 10.1. The molecule has 0 aliphatic heterocycles. The molecule has 0 amide bonds. The van der Waals surface area contributed by atoms with Gasteiger partial charge < -0.3 is 5.11 Å². The molecule has 0 heterocycles. The molecule has 2 nitrogen and oxygen atoms in total. The van der Waals surface area contributed by atoms with Crippen molar-refractivity contribution in [1.82, 2.24) is 0 Å². The highest BCUT2D eigenvalue weighted by Gasteiger charge is 1.99. The maximum absolute atomic E-state index is 8.89. The van der Waals surface area contributed by atoms with Crippen LogP contribution >= 0.6 is 0 Å². The Balaban J connectivity index is 3.11. The van der Waals surface area contributed by atoms with Crippen molar-refractivity contribution in [2.24, 2.45) is 4.99 Å². The van der Waals surface area contributed by atoms with Crippen LogP contribution in [-0.2, 0) is 0 Å². The lowest BCUT2D eigenvalue weighted by molar-refractivity contribution is 0.180. The summed E-state index contributed by atoms with van der Waals surface area (Å²) in [4.78, 5) is 3.85. The summed E-state index contributed by atoms with van der Waals surface area (Å²) in [5, 5.41) is 8.89. The van der Waals surface area contributed by atoms with Crippen LogP contribution in [0.25, 0.3) is 0 Å². The summed E-state index contributed by atoms with van der Waals surface area (Å²) >= 11 is 0. The van der Waals surface area contributed by atoms with Gasteiger partial charge in [0.05, 0.1) is 6.10 Å². The molecule has 2 atom stereocenters. The minimum absolute atomic E-state index is 0.169. The zero-order valence-corrected chi connectivity index (χ0v) is 6.88. The normalized spacial score (nSPS) is 16.3. The number of aliphatic imine (C=N–C) groups is 1. The Morgan fingerprint density at radius 1 is 1.40 bits per heavy atom. The second kappa shape index (κ2) is 5.42. The Morgan fingerprint density at radius 2 is 2.00 bits per heavy atom. The standard InChI is InChI=1S/C8H17NO/c1-7(9-3)5-4-6-8(2)10/h7-8,10H,3-6H2,1-2H3/t7-,8+/m1/s1. The van der Waals surface area contributed by atoms with Gasteiger partial charge in [0, 0.05) is 6.04 Å². The average molecular weight is 143 g/mol. The van der Waals surface area contributed by atoms with E-state index >= 15 is 0 Å². The van der Waals surface area contributed by atoms with Gasteiger partial charge in [0.1, 0.15) is 0 Å². The van der Waals surface area contributed by atoms with Crippen LogP contribution in [0.4, 0.5) is 0 Å². The molecule has 0 radical (unpaired) electrons. The smallest absolute Gasteiger partial charge is 0.0512 e. The first-order valence-electron chi connectivity index (χ1n) is 3.80. The summed E-state index contributed by atoms with van der Waals surface area (Å²) in [5.41, 5.74) is 0. The van der Waals surface area contributed by atoms with E-state index in [0.29, 0.717) is 6.04 Å². The number of aliphatic hydroxyl groups is 1. The van der Waals surface area contributed by atoms with Crippen LogP contribution in [0.2, 0.25) is 0 Å². The number of hydrogen-bond donors (Lipinski definition) is 1. The van der Waals surface area contributed by atoms with Crippen LogP contribution in [0.1, 0.15) is 33.1 Å². The summed E-state index contributed by atoms with van der Waals surface area (Å²) < 4.78 is 0. The van der Waals surface area contributed by atoms with E-state index in [-0.39, 0.29) is 6.10 Å². The number of hydrogen-bond acceptors (Lipinski definition) is 2. The topological polar surface area (TPSA) is 32.6 Å². The van der Waals surface area contributed by atoms with Crippen molar-refractivity contribution in [2.45, 2.75) is 45.3 Å². The molecule has 60 valence electrons. The van der Waals surface area contributed by atoms with Gasteiger partial charge in [-0.05, 0) is 39.8 Å². The summed E-state index contributed by atoms with van der Waals surface area (Å²) in [6, 6.07) is 0.346.